The van der Waals surface area contributed by atoms with Crippen molar-refractivity contribution in [3.05, 3.63) is 46.8 Å². The number of rotatable bonds is 6. The second kappa shape index (κ2) is 6.80. The van der Waals surface area contributed by atoms with Gasteiger partial charge in [0.1, 0.15) is 23.8 Å². The molecule has 4 nitrogen and oxygen atoms in total. The monoisotopic (exact) mass is 309 g/mol. The zero-order chi connectivity index (χ0) is 15.4. The quantitative estimate of drug-likeness (QED) is 0.824. The predicted molar refractivity (Wildman–Crippen MR) is 78.7 cm³/mol. The van der Waals surface area contributed by atoms with Crippen molar-refractivity contribution >= 4 is 17.4 Å². The van der Waals surface area contributed by atoms with E-state index in [-0.39, 0.29) is 29.2 Å². The number of halogens is 2. The molecule has 0 aliphatic rings. The standard InChI is InChI=1S/C15H17ClFN3O/c1-10(2)8-20-15(18-9-19-20)7-11(21)6-12-13(16)4-3-5-14(12)17/h3-5,9-10H,6-8H2,1-2H3. The van der Waals surface area contributed by atoms with E-state index in [1.807, 2.05) is 0 Å². The van der Waals surface area contributed by atoms with Gasteiger partial charge in [-0.05, 0) is 18.1 Å². The number of aromatic nitrogens is 3. The summed E-state index contributed by atoms with van der Waals surface area (Å²) in [5.74, 6) is 0.405. The number of ketones is 1. The summed E-state index contributed by atoms with van der Waals surface area (Å²) in [7, 11) is 0. The zero-order valence-corrected chi connectivity index (χ0v) is 12.8. The number of Topliss-reactive ketones (excluding diaryl/α,β-unsaturated/α-hetero) is 1. The highest BCUT2D eigenvalue weighted by Crippen LogP contribution is 2.20. The first-order valence-corrected chi connectivity index (χ1v) is 7.16. The summed E-state index contributed by atoms with van der Waals surface area (Å²) in [4.78, 5) is 16.2. The minimum Gasteiger partial charge on any atom is -0.299 e. The highest BCUT2D eigenvalue weighted by molar-refractivity contribution is 6.31. The van der Waals surface area contributed by atoms with Gasteiger partial charge in [-0.1, -0.05) is 31.5 Å². The van der Waals surface area contributed by atoms with Gasteiger partial charge in [0, 0.05) is 23.6 Å². The third-order valence-electron chi connectivity index (χ3n) is 3.02. The minimum absolute atomic E-state index is 0.0416. The van der Waals surface area contributed by atoms with Gasteiger partial charge >= 0.3 is 0 Å². The van der Waals surface area contributed by atoms with Crippen LogP contribution in [-0.4, -0.2) is 20.5 Å². The molecule has 1 heterocycles. The van der Waals surface area contributed by atoms with Crippen LogP contribution in [0, 0.1) is 11.7 Å². The maximum absolute atomic E-state index is 13.7. The van der Waals surface area contributed by atoms with Crippen LogP contribution in [0.2, 0.25) is 5.02 Å². The van der Waals surface area contributed by atoms with E-state index < -0.39 is 5.82 Å². The Labute approximate surface area is 128 Å². The molecule has 0 fully saturated rings. The topological polar surface area (TPSA) is 47.8 Å². The second-order valence-corrected chi connectivity index (χ2v) is 5.75. The first-order chi connectivity index (χ1) is 9.97. The van der Waals surface area contributed by atoms with Gasteiger partial charge in [0.15, 0.2) is 0 Å². The third kappa shape index (κ3) is 4.11. The molecule has 1 aromatic heterocycles. The Morgan fingerprint density at radius 2 is 2.14 bits per heavy atom. The molecule has 0 spiro atoms. The molecular formula is C15H17ClFN3O. The lowest BCUT2D eigenvalue weighted by Crippen LogP contribution is -2.15. The Morgan fingerprint density at radius 3 is 2.81 bits per heavy atom. The van der Waals surface area contributed by atoms with Crippen LogP contribution >= 0.6 is 11.6 Å². The van der Waals surface area contributed by atoms with E-state index >= 15 is 0 Å². The molecule has 0 radical (unpaired) electrons. The van der Waals surface area contributed by atoms with Gasteiger partial charge in [-0.3, -0.25) is 4.79 Å². The van der Waals surface area contributed by atoms with E-state index in [0.717, 1.165) is 0 Å². The molecule has 6 heteroatoms. The van der Waals surface area contributed by atoms with Crippen molar-refractivity contribution in [2.24, 2.45) is 5.92 Å². The van der Waals surface area contributed by atoms with E-state index in [1.54, 1.807) is 10.7 Å². The second-order valence-electron chi connectivity index (χ2n) is 5.34. The summed E-state index contributed by atoms with van der Waals surface area (Å²) in [6.45, 7) is 4.82. The van der Waals surface area contributed by atoms with Crippen molar-refractivity contribution in [1.82, 2.24) is 14.8 Å². The Balaban J connectivity index is 2.07. The predicted octanol–water partition coefficient (Wildman–Crippen LogP) is 3.08. The smallest absolute Gasteiger partial charge is 0.144 e. The van der Waals surface area contributed by atoms with Gasteiger partial charge in [0.25, 0.3) is 0 Å². The van der Waals surface area contributed by atoms with Crippen LogP contribution in [0.15, 0.2) is 24.5 Å². The molecule has 1 aromatic carbocycles. The lowest BCUT2D eigenvalue weighted by atomic mass is 10.1. The van der Waals surface area contributed by atoms with E-state index in [2.05, 4.69) is 23.9 Å². The van der Waals surface area contributed by atoms with Crippen molar-refractivity contribution in [1.29, 1.82) is 0 Å². The van der Waals surface area contributed by atoms with E-state index in [1.165, 1.54) is 18.5 Å². The fourth-order valence-electron chi connectivity index (χ4n) is 2.06. The highest BCUT2D eigenvalue weighted by atomic mass is 35.5. The third-order valence-corrected chi connectivity index (χ3v) is 3.38. The number of hydrogen-bond acceptors (Lipinski definition) is 3. The molecule has 0 unspecified atom stereocenters. The maximum Gasteiger partial charge on any atom is 0.144 e. The first-order valence-electron chi connectivity index (χ1n) is 6.78. The summed E-state index contributed by atoms with van der Waals surface area (Å²) in [5.41, 5.74) is 0.235. The van der Waals surface area contributed by atoms with Crippen LogP contribution in [0.4, 0.5) is 4.39 Å². The molecule has 21 heavy (non-hydrogen) atoms. The number of hydrogen-bond donors (Lipinski definition) is 0. The molecule has 112 valence electrons. The lowest BCUT2D eigenvalue weighted by Gasteiger charge is -2.09. The Morgan fingerprint density at radius 1 is 1.38 bits per heavy atom. The van der Waals surface area contributed by atoms with Crippen LogP contribution in [0.5, 0.6) is 0 Å². The Kier molecular flexibility index (Phi) is 5.07. The van der Waals surface area contributed by atoms with Gasteiger partial charge in [0.2, 0.25) is 0 Å². The molecule has 0 N–H and O–H groups in total. The SMILES string of the molecule is CC(C)Cn1ncnc1CC(=O)Cc1c(F)cccc1Cl. The largest absolute Gasteiger partial charge is 0.299 e. The molecule has 0 atom stereocenters. The normalized spacial score (nSPS) is 11.1. The lowest BCUT2D eigenvalue weighted by molar-refractivity contribution is -0.118. The molecule has 0 aliphatic heterocycles. The van der Waals surface area contributed by atoms with Gasteiger partial charge < -0.3 is 0 Å². The average Bonchev–Trinajstić information content (AvgIpc) is 2.80. The van der Waals surface area contributed by atoms with Gasteiger partial charge in [-0.15, -0.1) is 0 Å². The van der Waals surface area contributed by atoms with E-state index in [0.29, 0.717) is 18.3 Å². The Bertz CT molecular complexity index is 619. The summed E-state index contributed by atoms with van der Waals surface area (Å²) in [6, 6.07) is 4.40. The molecule has 0 saturated carbocycles. The van der Waals surface area contributed by atoms with Crippen LogP contribution in [0.25, 0.3) is 0 Å². The van der Waals surface area contributed by atoms with Crippen molar-refractivity contribution in [2.45, 2.75) is 33.2 Å². The van der Waals surface area contributed by atoms with Crippen molar-refractivity contribution in [3.8, 4) is 0 Å². The number of nitrogens with zero attached hydrogens (tertiary/aromatic N) is 3. The van der Waals surface area contributed by atoms with Crippen LogP contribution in [-0.2, 0) is 24.2 Å². The van der Waals surface area contributed by atoms with Crippen molar-refractivity contribution in [2.75, 3.05) is 0 Å². The highest BCUT2D eigenvalue weighted by Gasteiger charge is 2.15. The van der Waals surface area contributed by atoms with Crippen molar-refractivity contribution in [3.63, 3.8) is 0 Å². The zero-order valence-electron chi connectivity index (χ0n) is 12.0. The van der Waals surface area contributed by atoms with Gasteiger partial charge in [0.05, 0.1) is 6.42 Å². The minimum atomic E-state index is -0.459. The Hall–Kier alpha value is -1.75. The van der Waals surface area contributed by atoms with Crippen LogP contribution in [0.1, 0.15) is 25.2 Å². The number of benzene rings is 1. The number of carbonyl (C=O) groups is 1. The molecular weight excluding hydrogens is 293 g/mol. The van der Waals surface area contributed by atoms with Crippen LogP contribution in [0.3, 0.4) is 0 Å². The summed E-state index contributed by atoms with van der Waals surface area (Å²) >= 11 is 5.93. The fraction of sp³-hybridized carbons (Fsp3) is 0.400. The molecule has 0 saturated heterocycles. The van der Waals surface area contributed by atoms with E-state index in [9.17, 15) is 9.18 Å². The maximum atomic E-state index is 13.7. The van der Waals surface area contributed by atoms with E-state index in [4.69, 9.17) is 11.6 Å². The molecule has 0 amide bonds. The number of carbonyl (C=O) groups excluding carboxylic acids is 1. The summed E-state index contributed by atoms with van der Waals surface area (Å²) in [5, 5.41) is 4.38. The molecule has 0 bridgehead atoms. The molecule has 2 rings (SSSR count). The molecule has 2 aromatic rings. The van der Waals surface area contributed by atoms with Crippen LogP contribution < -0.4 is 0 Å². The summed E-state index contributed by atoms with van der Waals surface area (Å²) < 4.78 is 15.4. The summed E-state index contributed by atoms with van der Waals surface area (Å²) in [6.07, 6.45) is 1.51. The average molecular weight is 310 g/mol. The first kappa shape index (κ1) is 15.6. The van der Waals surface area contributed by atoms with Gasteiger partial charge in [-0.2, -0.15) is 5.10 Å². The van der Waals surface area contributed by atoms with Crippen molar-refractivity contribution < 1.29 is 9.18 Å². The van der Waals surface area contributed by atoms with Gasteiger partial charge in [-0.25, -0.2) is 14.1 Å². The fourth-order valence-corrected chi connectivity index (χ4v) is 2.29. The molecule has 0 aliphatic carbocycles.